The van der Waals surface area contributed by atoms with Crippen LogP contribution in [0.3, 0.4) is 0 Å². The van der Waals surface area contributed by atoms with Gasteiger partial charge in [-0.15, -0.1) is 0 Å². The summed E-state index contributed by atoms with van der Waals surface area (Å²) < 4.78 is 9.94. The number of Topliss-reactive ketones (excluding diaryl/α,β-unsaturated/α-hetero) is 1. The number of aryl methyl sites for hydroxylation is 1. The molecule has 0 aliphatic carbocycles. The average molecular weight is 425 g/mol. The maximum atomic E-state index is 13.5. The quantitative estimate of drug-likeness (QED) is 0.628. The lowest BCUT2D eigenvalue weighted by molar-refractivity contribution is -0.126. The monoisotopic (exact) mass is 424 g/mol. The minimum Gasteiger partial charge on any atom is -0.376 e. The summed E-state index contributed by atoms with van der Waals surface area (Å²) in [5.41, 5.74) is 0.597. The molecule has 1 atom stereocenters. The first-order valence-electron chi connectivity index (χ1n) is 10.6. The summed E-state index contributed by atoms with van der Waals surface area (Å²) in [6, 6.07) is 7.47. The fraction of sp³-hybridized carbons (Fsp3) is 0.478. The zero-order valence-corrected chi connectivity index (χ0v) is 18.4. The lowest BCUT2D eigenvalue weighted by atomic mass is 9.91. The van der Waals surface area contributed by atoms with Crippen LogP contribution in [-0.2, 0) is 22.6 Å². The fourth-order valence-corrected chi connectivity index (χ4v) is 3.88. The molecule has 1 unspecified atom stereocenters. The van der Waals surface area contributed by atoms with E-state index in [9.17, 15) is 14.4 Å². The van der Waals surface area contributed by atoms with E-state index in [2.05, 4.69) is 4.98 Å². The molecule has 1 aliphatic rings. The summed E-state index contributed by atoms with van der Waals surface area (Å²) in [4.78, 5) is 44.0. The van der Waals surface area contributed by atoms with Crippen LogP contribution in [0.2, 0.25) is 0 Å². The van der Waals surface area contributed by atoms with Gasteiger partial charge in [0.2, 0.25) is 0 Å². The Kier molecular flexibility index (Phi) is 5.43. The van der Waals surface area contributed by atoms with Gasteiger partial charge in [0.1, 0.15) is 0 Å². The molecule has 1 aromatic carbocycles. The van der Waals surface area contributed by atoms with E-state index in [-0.39, 0.29) is 36.1 Å². The van der Waals surface area contributed by atoms with E-state index in [0.29, 0.717) is 12.3 Å². The van der Waals surface area contributed by atoms with Crippen molar-refractivity contribution in [3.8, 4) is 5.69 Å². The van der Waals surface area contributed by atoms with Crippen LogP contribution < -0.4 is 11.2 Å². The van der Waals surface area contributed by atoms with Crippen molar-refractivity contribution in [2.24, 2.45) is 5.41 Å². The van der Waals surface area contributed by atoms with Gasteiger partial charge in [0.05, 0.1) is 31.2 Å². The van der Waals surface area contributed by atoms with E-state index < -0.39 is 16.7 Å². The molecule has 0 amide bonds. The van der Waals surface area contributed by atoms with Gasteiger partial charge < -0.3 is 9.30 Å². The van der Waals surface area contributed by atoms with Crippen molar-refractivity contribution < 1.29 is 9.53 Å². The van der Waals surface area contributed by atoms with Crippen LogP contribution in [0.4, 0.5) is 0 Å². The van der Waals surface area contributed by atoms with E-state index in [4.69, 9.17) is 4.74 Å². The molecule has 31 heavy (non-hydrogen) atoms. The number of carbonyl (C=O) groups excluding carboxylic acids is 1. The Morgan fingerprint density at radius 1 is 1.23 bits per heavy atom. The maximum Gasteiger partial charge on any atom is 0.337 e. The number of nitrogens with zero attached hydrogens (tertiary/aromatic N) is 4. The second-order valence-electron chi connectivity index (χ2n) is 9.17. The van der Waals surface area contributed by atoms with Crippen LogP contribution in [0.25, 0.3) is 16.9 Å². The van der Waals surface area contributed by atoms with Gasteiger partial charge in [-0.2, -0.15) is 0 Å². The summed E-state index contributed by atoms with van der Waals surface area (Å²) in [5, 5.41) is 0. The number of imidazole rings is 1. The smallest absolute Gasteiger partial charge is 0.337 e. The molecule has 0 spiro atoms. The van der Waals surface area contributed by atoms with Gasteiger partial charge in [-0.1, -0.05) is 39.0 Å². The average Bonchev–Trinajstić information content (AvgIpc) is 3.36. The highest BCUT2D eigenvalue weighted by molar-refractivity contribution is 5.85. The van der Waals surface area contributed by atoms with Crippen LogP contribution in [0.1, 0.15) is 39.2 Å². The number of ether oxygens (including phenoxy) is 1. The van der Waals surface area contributed by atoms with E-state index >= 15 is 0 Å². The molecule has 2 aromatic heterocycles. The van der Waals surface area contributed by atoms with Gasteiger partial charge in [-0.05, 0) is 31.4 Å². The molecule has 3 aromatic rings. The van der Waals surface area contributed by atoms with Gasteiger partial charge in [-0.25, -0.2) is 14.3 Å². The van der Waals surface area contributed by atoms with Crippen molar-refractivity contribution in [1.29, 1.82) is 0 Å². The zero-order chi connectivity index (χ0) is 22.3. The SMILES string of the molecule is Cc1ccccc1-n1c(=O)n(CC2CCCO2)c(=O)c2c1ncn2CC(=O)C(C)(C)C. The second kappa shape index (κ2) is 7.92. The minimum absolute atomic E-state index is 0.0150. The van der Waals surface area contributed by atoms with Crippen molar-refractivity contribution in [2.45, 2.75) is 59.7 Å². The molecule has 3 heterocycles. The lowest BCUT2D eigenvalue weighted by Gasteiger charge is -2.18. The van der Waals surface area contributed by atoms with Crippen molar-refractivity contribution in [3.63, 3.8) is 0 Å². The van der Waals surface area contributed by atoms with Crippen LogP contribution in [-0.4, -0.2) is 37.2 Å². The molecule has 164 valence electrons. The van der Waals surface area contributed by atoms with E-state index in [1.54, 1.807) is 4.57 Å². The topological polar surface area (TPSA) is 88.1 Å². The van der Waals surface area contributed by atoms with Gasteiger partial charge in [0, 0.05) is 12.0 Å². The van der Waals surface area contributed by atoms with Crippen molar-refractivity contribution in [1.82, 2.24) is 18.7 Å². The van der Waals surface area contributed by atoms with Crippen LogP contribution in [0.5, 0.6) is 0 Å². The first kappa shape index (κ1) is 21.2. The summed E-state index contributed by atoms with van der Waals surface area (Å²) in [7, 11) is 0. The molecule has 8 nitrogen and oxygen atoms in total. The molecule has 0 N–H and O–H groups in total. The fourth-order valence-electron chi connectivity index (χ4n) is 3.88. The highest BCUT2D eigenvalue weighted by Crippen LogP contribution is 2.20. The number of para-hydroxylation sites is 1. The standard InChI is InChI=1S/C23H28N4O4/c1-15-8-5-6-10-17(15)27-20-19(25(14-24-20)13-18(28)23(2,3)4)21(29)26(22(27)30)12-16-9-7-11-31-16/h5-6,8,10,14,16H,7,9,11-13H2,1-4H3. The molecular weight excluding hydrogens is 396 g/mol. The summed E-state index contributed by atoms with van der Waals surface area (Å²) in [6.45, 7) is 8.25. The Morgan fingerprint density at radius 3 is 2.61 bits per heavy atom. The lowest BCUT2D eigenvalue weighted by Crippen LogP contribution is -2.42. The van der Waals surface area contributed by atoms with Crippen molar-refractivity contribution >= 4 is 16.9 Å². The Morgan fingerprint density at radius 2 is 1.97 bits per heavy atom. The maximum absolute atomic E-state index is 13.5. The van der Waals surface area contributed by atoms with Crippen LogP contribution in [0.15, 0.2) is 40.2 Å². The third-order valence-corrected chi connectivity index (χ3v) is 5.82. The third-order valence-electron chi connectivity index (χ3n) is 5.82. The van der Waals surface area contributed by atoms with Gasteiger partial charge in [0.25, 0.3) is 5.56 Å². The molecule has 0 bridgehead atoms. The number of carbonyl (C=O) groups is 1. The van der Waals surface area contributed by atoms with Crippen molar-refractivity contribution in [2.75, 3.05) is 6.61 Å². The number of aromatic nitrogens is 4. The molecule has 4 rings (SSSR count). The highest BCUT2D eigenvalue weighted by atomic mass is 16.5. The van der Waals surface area contributed by atoms with Gasteiger partial charge in [-0.3, -0.25) is 14.2 Å². The largest absolute Gasteiger partial charge is 0.376 e. The molecule has 8 heteroatoms. The Balaban J connectivity index is 1.97. The zero-order valence-electron chi connectivity index (χ0n) is 18.4. The Bertz CT molecular complexity index is 1250. The molecule has 1 aliphatic heterocycles. The number of rotatable bonds is 5. The number of hydrogen-bond donors (Lipinski definition) is 0. The normalized spacial score (nSPS) is 16.8. The van der Waals surface area contributed by atoms with Gasteiger partial charge in [0.15, 0.2) is 16.9 Å². The Hall–Kier alpha value is -3.00. The Labute approximate surface area is 180 Å². The molecule has 1 saturated heterocycles. The molecular formula is C23H28N4O4. The first-order chi connectivity index (χ1) is 14.7. The summed E-state index contributed by atoms with van der Waals surface area (Å²) >= 11 is 0. The summed E-state index contributed by atoms with van der Waals surface area (Å²) in [5.74, 6) is -0.0227. The number of hydrogen-bond acceptors (Lipinski definition) is 5. The van der Waals surface area contributed by atoms with Gasteiger partial charge >= 0.3 is 5.69 Å². The minimum atomic E-state index is -0.558. The third kappa shape index (κ3) is 3.87. The van der Waals surface area contributed by atoms with Crippen LogP contribution in [0, 0.1) is 12.3 Å². The summed E-state index contributed by atoms with van der Waals surface area (Å²) in [6.07, 6.45) is 3.00. The predicted octanol–water partition coefficient (Wildman–Crippen LogP) is 2.45. The van der Waals surface area contributed by atoms with E-state index in [0.717, 1.165) is 18.4 Å². The van der Waals surface area contributed by atoms with Crippen molar-refractivity contribution in [3.05, 3.63) is 57.0 Å². The number of fused-ring (bicyclic) bond motifs is 1. The highest BCUT2D eigenvalue weighted by Gasteiger charge is 2.26. The second-order valence-corrected chi connectivity index (χ2v) is 9.17. The number of benzene rings is 1. The van der Waals surface area contributed by atoms with Crippen LogP contribution >= 0.6 is 0 Å². The van der Waals surface area contributed by atoms with E-state index in [1.165, 1.54) is 15.5 Å². The molecule has 0 saturated carbocycles. The number of ketones is 1. The van der Waals surface area contributed by atoms with E-state index in [1.807, 2.05) is 52.0 Å². The first-order valence-corrected chi connectivity index (χ1v) is 10.6. The predicted molar refractivity (Wildman–Crippen MR) is 118 cm³/mol. The molecule has 1 fully saturated rings. The molecule has 0 radical (unpaired) electrons.